The summed E-state index contributed by atoms with van der Waals surface area (Å²) in [6, 6.07) is 16.6. The molecule has 1 N–H and O–H groups in total. The Hall–Kier alpha value is -3.48. The SMILES string of the molecule is CC[C@H](CNC(=O)[C@@H](C)OC(=O)c1nn(C)c(=O)c2ccccc12)c1ccccc1. The molecule has 1 aromatic heterocycles. The number of benzene rings is 2. The highest BCUT2D eigenvalue weighted by Gasteiger charge is 2.23. The first-order chi connectivity index (χ1) is 14.4. The molecule has 0 radical (unpaired) electrons. The quantitative estimate of drug-likeness (QED) is 0.608. The number of rotatable bonds is 7. The summed E-state index contributed by atoms with van der Waals surface area (Å²) in [6.07, 6.45) is -0.129. The molecule has 1 amide bonds. The lowest BCUT2D eigenvalue weighted by atomic mass is 9.96. The molecular formula is C23H25N3O4. The van der Waals surface area contributed by atoms with Crippen molar-refractivity contribution in [2.75, 3.05) is 6.54 Å². The zero-order valence-corrected chi connectivity index (χ0v) is 17.3. The van der Waals surface area contributed by atoms with Crippen LogP contribution < -0.4 is 10.9 Å². The van der Waals surface area contributed by atoms with Crippen molar-refractivity contribution in [3.05, 3.63) is 76.2 Å². The fraction of sp³-hybridized carbons (Fsp3) is 0.304. The number of ether oxygens (including phenoxy) is 1. The number of nitrogens with one attached hydrogen (secondary N) is 1. The zero-order chi connectivity index (χ0) is 21.7. The van der Waals surface area contributed by atoms with Gasteiger partial charge in [-0.2, -0.15) is 5.10 Å². The molecular weight excluding hydrogens is 382 g/mol. The highest BCUT2D eigenvalue weighted by atomic mass is 16.5. The van der Waals surface area contributed by atoms with Crippen molar-refractivity contribution in [2.45, 2.75) is 32.3 Å². The number of hydrogen-bond acceptors (Lipinski definition) is 5. The van der Waals surface area contributed by atoms with Crippen molar-refractivity contribution < 1.29 is 14.3 Å². The number of amides is 1. The number of fused-ring (bicyclic) bond motifs is 1. The summed E-state index contributed by atoms with van der Waals surface area (Å²) < 4.78 is 6.44. The van der Waals surface area contributed by atoms with Crippen molar-refractivity contribution in [1.82, 2.24) is 15.1 Å². The van der Waals surface area contributed by atoms with Gasteiger partial charge in [-0.3, -0.25) is 9.59 Å². The van der Waals surface area contributed by atoms with E-state index in [1.54, 1.807) is 24.3 Å². The van der Waals surface area contributed by atoms with Crippen LogP contribution in [-0.4, -0.2) is 34.3 Å². The normalized spacial score (nSPS) is 12.9. The number of nitrogens with zero attached hydrogens (tertiary/aromatic N) is 2. The Balaban J connectivity index is 1.69. The Morgan fingerprint density at radius 1 is 1.07 bits per heavy atom. The van der Waals surface area contributed by atoms with Crippen molar-refractivity contribution in [3.63, 3.8) is 0 Å². The molecule has 3 rings (SSSR count). The fourth-order valence-corrected chi connectivity index (χ4v) is 3.31. The lowest BCUT2D eigenvalue weighted by molar-refractivity contribution is -0.129. The van der Waals surface area contributed by atoms with Crippen LogP contribution in [0.2, 0.25) is 0 Å². The van der Waals surface area contributed by atoms with Gasteiger partial charge in [-0.1, -0.05) is 55.5 Å². The van der Waals surface area contributed by atoms with Gasteiger partial charge in [0.2, 0.25) is 0 Å². The summed E-state index contributed by atoms with van der Waals surface area (Å²) in [7, 11) is 1.47. The molecule has 2 atom stereocenters. The molecule has 0 spiro atoms. The van der Waals surface area contributed by atoms with Crippen LogP contribution >= 0.6 is 0 Å². The van der Waals surface area contributed by atoms with Crippen LogP contribution in [0.25, 0.3) is 10.8 Å². The Morgan fingerprint density at radius 3 is 2.37 bits per heavy atom. The predicted octanol–water partition coefficient (Wildman–Crippen LogP) is 2.79. The van der Waals surface area contributed by atoms with E-state index in [0.29, 0.717) is 17.3 Å². The second kappa shape index (κ2) is 9.35. The van der Waals surface area contributed by atoms with Crippen LogP contribution in [-0.2, 0) is 16.6 Å². The lowest BCUT2D eigenvalue weighted by Gasteiger charge is -2.18. The van der Waals surface area contributed by atoms with E-state index < -0.39 is 12.1 Å². The molecule has 7 heteroatoms. The number of aromatic nitrogens is 2. The smallest absolute Gasteiger partial charge is 0.360 e. The van der Waals surface area contributed by atoms with Gasteiger partial charge in [0.05, 0.1) is 5.39 Å². The summed E-state index contributed by atoms with van der Waals surface area (Å²) in [5.41, 5.74) is 0.841. The second-order valence-corrected chi connectivity index (χ2v) is 7.13. The lowest BCUT2D eigenvalue weighted by Crippen LogP contribution is -2.38. The summed E-state index contributed by atoms with van der Waals surface area (Å²) in [5, 5.41) is 7.66. The average Bonchev–Trinajstić information content (AvgIpc) is 2.77. The summed E-state index contributed by atoms with van der Waals surface area (Å²) >= 11 is 0. The third-order valence-corrected chi connectivity index (χ3v) is 5.09. The molecule has 0 saturated heterocycles. The first-order valence-electron chi connectivity index (χ1n) is 9.92. The Morgan fingerprint density at radius 2 is 1.70 bits per heavy atom. The maximum Gasteiger partial charge on any atom is 0.360 e. The number of carbonyl (C=O) groups excluding carboxylic acids is 2. The largest absolute Gasteiger partial charge is 0.448 e. The molecule has 0 aliphatic carbocycles. The van der Waals surface area contributed by atoms with E-state index >= 15 is 0 Å². The summed E-state index contributed by atoms with van der Waals surface area (Å²) in [6.45, 7) is 4.02. The molecule has 0 aliphatic rings. The van der Waals surface area contributed by atoms with E-state index in [1.165, 1.54) is 14.0 Å². The van der Waals surface area contributed by atoms with Gasteiger partial charge in [0.1, 0.15) is 0 Å². The number of carbonyl (C=O) groups is 2. The third-order valence-electron chi connectivity index (χ3n) is 5.09. The summed E-state index contributed by atoms with van der Waals surface area (Å²) in [5.74, 6) is -0.960. The Kier molecular flexibility index (Phi) is 6.61. The van der Waals surface area contributed by atoms with E-state index in [2.05, 4.69) is 17.3 Å². The van der Waals surface area contributed by atoms with Crippen LogP contribution in [0, 0.1) is 0 Å². The fourth-order valence-electron chi connectivity index (χ4n) is 3.31. The monoisotopic (exact) mass is 407 g/mol. The van der Waals surface area contributed by atoms with Gasteiger partial charge in [0.15, 0.2) is 11.8 Å². The molecule has 0 fully saturated rings. The van der Waals surface area contributed by atoms with Crippen molar-refractivity contribution in [3.8, 4) is 0 Å². The second-order valence-electron chi connectivity index (χ2n) is 7.13. The van der Waals surface area contributed by atoms with Crippen LogP contribution in [0.1, 0.15) is 42.2 Å². The Bertz CT molecular complexity index is 1110. The van der Waals surface area contributed by atoms with Gasteiger partial charge in [-0.25, -0.2) is 9.48 Å². The van der Waals surface area contributed by atoms with Crippen molar-refractivity contribution in [2.24, 2.45) is 7.05 Å². The van der Waals surface area contributed by atoms with Gasteiger partial charge < -0.3 is 10.1 Å². The van der Waals surface area contributed by atoms with E-state index in [0.717, 1.165) is 16.7 Å². The zero-order valence-electron chi connectivity index (χ0n) is 17.3. The molecule has 3 aromatic rings. The van der Waals surface area contributed by atoms with Gasteiger partial charge in [0, 0.05) is 24.9 Å². The van der Waals surface area contributed by atoms with Crippen molar-refractivity contribution >= 4 is 22.6 Å². The standard InChI is InChI=1S/C23H25N3O4/c1-4-16(17-10-6-5-7-11-17)14-24-21(27)15(2)30-23(29)20-18-12-8-9-13-19(18)22(28)26(3)25-20/h5-13,15-16H,4,14H2,1-3H3,(H,24,27)/t15-,16-/m1/s1. The van der Waals surface area contributed by atoms with Crippen LogP contribution in [0.4, 0.5) is 0 Å². The average molecular weight is 407 g/mol. The third kappa shape index (κ3) is 4.56. The van der Waals surface area contributed by atoms with E-state index in [4.69, 9.17) is 4.74 Å². The summed E-state index contributed by atoms with van der Waals surface area (Å²) in [4.78, 5) is 37.4. The van der Waals surface area contributed by atoms with Crippen LogP contribution in [0.3, 0.4) is 0 Å². The first-order valence-corrected chi connectivity index (χ1v) is 9.92. The molecule has 156 valence electrons. The van der Waals surface area contributed by atoms with Gasteiger partial charge in [-0.15, -0.1) is 0 Å². The molecule has 30 heavy (non-hydrogen) atoms. The Labute approximate surface area is 174 Å². The highest BCUT2D eigenvalue weighted by molar-refractivity contribution is 6.02. The van der Waals surface area contributed by atoms with Crippen molar-refractivity contribution in [1.29, 1.82) is 0 Å². The van der Waals surface area contributed by atoms with Gasteiger partial charge in [0.25, 0.3) is 11.5 Å². The van der Waals surface area contributed by atoms with E-state index in [-0.39, 0.29) is 23.1 Å². The molecule has 0 bridgehead atoms. The first kappa shape index (κ1) is 21.2. The minimum absolute atomic E-state index is 0.00284. The van der Waals surface area contributed by atoms with E-state index in [1.807, 2.05) is 30.3 Å². The molecule has 0 saturated carbocycles. The van der Waals surface area contributed by atoms with Gasteiger partial charge >= 0.3 is 5.97 Å². The maximum atomic E-state index is 12.7. The molecule has 0 unspecified atom stereocenters. The molecule has 2 aromatic carbocycles. The van der Waals surface area contributed by atoms with Gasteiger partial charge in [-0.05, 0) is 25.0 Å². The predicted molar refractivity (Wildman–Crippen MR) is 114 cm³/mol. The molecule has 0 aliphatic heterocycles. The minimum Gasteiger partial charge on any atom is -0.448 e. The van der Waals surface area contributed by atoms with E-state index in [9.17, 15) is 14.4 Å². The topological polar surface area (TPSA) is 90.3 Å². The number of hydrogen-bond donors (Lipinski definition) is 1. The number of aryl methyl sites for hydroxylation is 1. The highest BCUT2D eigenvalue weighted by Crippen LogP contribution is 2.18. The molecule has 7 nitrogen and oxygen atoms in total. The molecule has 1 heterocycles. The maximum absolute atomic E-state index is 12.7. The van der Waals surface area contributed by atoms with Crippen LogP contribution in [0.15, 0.2) is 59.4 Å². The number of esters is 1. The minimum atomic E-state index is -0.997. The van der Waals surface area contributed by atoms with Crippen LogP contribution in [0.5, 0.6) is 0 Å².